The van der Waals surface area contributed by atoms with Crippen LogP contribution in [0.15, 0.2) is 0 Å². The second kappa shape index (κ2) is 6.74. The smallest absolute Gasteiger partial charge is 0.315 e. The van der Waals surface area contributed by atoms with E-state index in [0.29, 0.717) is 19.3 Å². The lowest BCUT2D eigenvalue weighted by Gasteiger charge is -2.16. The zero-order valence-electron chi connectivity index (χ0n) is 10.9. The lowest BCUT2D eigenvalue weighted by atomic mass is 10.1. The molecule has 2 amide bonds. The number of hydrogen-bond donors (Lipinski definition) is 3. The van der Waals surface area contributed by atoms with Crippen molar-refractivity contribution in [3.8, 4) is 0 Å². The van der Waals surface area contributed by atoms with Crippen LogP contribution in [-0.4, -0.2) is 49.1 Å². The van der Waals surface area contributed by atoms with Crippen molar-refractivity contribution in [2.45, 2.75) is 43.9 Å². The number of nitrogens with one attached hydrogen (secondary N) is 2. The molecule has 2 unspecified atom stereocenters. The van der Waals surface area contributed by atoms with Crippen LogP contribution in [0.3, 0.4) is 0 Å². The Morgan fingerprint density at radius 2 is 2.11 bits per heavy atom. The van der Waals surface area contributed by atoms with Crippen molar-refractivity contribution in [2.75, 3.05) is 12.3 Å². The molecule has 2 atom stereocenters. The van der Waals surface area contributed by atoms with Crippen LogP contribution in [0.25, 0.3) is 0 Å². The predicted octanol–water partition coefficient (Wildman–Crippen LogP) is 0.116. The summed E-state index contributed by atoms with van der Waals surface area (Å²) in [6.45, 7) is 1.85. The summed E-state index contributed by atoms with van der Waals surface area (Å²) in [5.41, 5.74) is 0. The summed E-state index contributed by atoms with van der Waals surface area (Å²) in [5, 5.41) is 13.2. The topological polar surface area (TPSA) is 113 Å². The largest absolute Gasteiger partial charge is 0.481 e. The van der Waals surface area contributed by atoms with Crippen LogP contribution in [-0.2, 0) is 14.6 Å². The number of hydrogen-bond acceptors (Lipinski definition) is 4. The average Bonchev–Trinajstić information content (AvgIpc) is 2.64. The van der Waals surface area contributed by atoms with Crippen molar-refractivity contribution >= 4 is 21.8 Å². The monoisotopic (exact) mass is 292 g/mol. The Kier molecular flexibility index (Phi) is 5.59. The second-order valence-electron chi connectivity index (χ2n) is 4.69. The number of carbonyl (C=O) groups excluding carboxylic acids is 1. The average molecular weight is 292 g/mol. The van der Waals surface area contributed by atoms with E-state index in [1.807, 2.05) is 0 Å². The fourth-order valence-corrected chi connectivity index (χ4v) is 3.80. The highest BCUT2D eigenvalue weighted by atomic mass is 32.2. The van der Waals surface area contributed by atoms with Crippen LogP contribution in [0, 0.1) is 0 Å². The molecule has 0 aromatic carbocycles. The number of sulfone groups is 1. The Morgan fingerprint density at radius 3 is 2.58 bits per heavy atom. The fourth-order valence-electron chi connectivity index (χ4n) is 2.04. The van der Waals surface area contributed by atoms with Gasteiger partial charge in [-0.15, -0.1) is 0 Å². The van der Waals surface area contributed by atoms with Gasteiger partial charge in [0.1, 0.15) is 0 Å². The van der Waals surface area contributed by atoms with Gasteiger partial charge in [-0.3, -0.25) is 4.79 Å². The molecule has 110 valence electrons. The molecule has 19 heavy (non-hydrogen) atoms. The highest BCUT2D eigenvalue weighted by molar-refractivity contribution is 7.92. The molecular formula is C11H20N2O5S. The predicted molar refractivity (Wildman–Crippen MR) is 69.7 cm³/mol. The molecule has 1 fully saturated rings. The summed E-state index contributed by atoms with van der Waals surface area (Å²) in [6.07, 6.45) is 1.55. The lowest BCUT2D eigenvalue weighted by Crippen LogP contribution is -2.45. The molecule has 3 N–H and O–H groups in total. The summed E-state index contributed by atoms with van der Waals surface area (Å²) in [4.78, 5) is 22.1. The third-order valence-corrected chi connectivity index (χ3v) is 5.48. The van der Waals surface area contributed by atoms with Crippen molar-refractivity contribution in [2.24, 2.45) is 0 Å². The zero-order chi connectivity index (χ0) is 14.5. The summed E-state index contributed by atoms with van der Waals surface area (Å²) in [7, 11) is -3.07. The molecule has 0 aromatic heterocycles. The van der Waals surface area contributed by atoms with E-state index in [0.717, 1.165) is 0 Å². The molecule has 0 radical (unpaired) electrons. The lowest BCUT2D eigenvalue weighted by molar-refractivity contribution is -0.137. The summed E-state index contributed by atoms with van der Waals surface area (Å²) in [5.74, 6) is -0.803. The van der Waals surface area contributed by atoms with Gasteiger partial charge in [0.25, 0.3) is 0 Å². The molecule has 8 heteroatoms. The maximum Gasteiger partial charge on any atom is 0.315 e. The van der Waals surface area contributed by atoms with E-state index in [-0.39, 0.29) is 18.7 Å². The van der Waals surface area contributed by atoms with Crippen molar-refractivity contribution < 1.29 is 23.1 Å². The van der Waals surface area contributed by atoms with Crippen molar-refractivity contribution in [1.82, 2.24) is 10.6 Å². The van der Waals surface area contributed by atoms with E-state index in [2.05, 4.69) is 10.6 Å². The summed E-state index contributed by atoms with van der Waals surface area (Å²) in [6, 6.07) is -0.965. The first-order valence-corrected chi connectivity index (χ1v) is 8.04. The van der Waals surface area contributed by atoms with Crippen molar-refractivity contribution in [3.05, 3.63) is 0 Å². The molecule has 0 spiro atoms. The van der Waals surface area contributed by atoms with Crippen LogP contribution in [0.2, 0.25) is 0 Å². The van der Waals surface area contributed by atoms with Gasteiger partial charge in [0, 0.05) is 12.6 Å². The molecule has 1 saturated heterocycles. The first-order valence-electron chi connectivity index (χ1n) is 6.33. The van der Waals surface area contributed by atoms with E-state index in [1.165, 1.54) is 0 Å². The minimum Gasteiger partial charge on any atom is -0.481 e. The maximum atomic E-state index is 11.6. The van der Waals surface area contributed by atoms with Gasteiger partial charge in [0.15, 0.2) is 9.84 Å². The number of amides is 2. The van der Waals surface area contributed by atoms with Crippen LogP contribution < -0.4 is 10.6 Å². The fraction of sp³-hybridized carbons (Fsp3) is 0.818. The summed E-state index contributed by atoms with van der Waals surface area (Å²) < 4.78 is 23.1. The number of carboxylic acid groups (broad SMARTS) is 1. The van der Waals surface area contributed by atoms with Gasteiger partial charge in [-0.1, -0.05) is 6.92 Å². The van der Waals surface area contributed by atoms with Crippen LogP contribution in [0.5, 0.6) is 0 Å². The molecule has 1 heterocycles. The van der Waals surface area contributed by atoms with Crippen LogP contribution in [0.4, 0.5) is 4.79 Å². The molecule has 0 aliphatic carbocycles. The minimum absolute atomic E-state index is 0.0810. The normalized spacial score (nSPS) is 22.7. The third-order valence-electron chi connectivity index (χ3n) is 3.20. The number of carboxylic acids is 1. The Bertz CT molecular complexity index is 434. The Labute approximate surface area is 112 Å². The van der Waals surface area contributed by atoms with Gasteiger partial charge in [0.2, 0.25) is 0 Å². The van der Waals surface area contributed by atoms with Crippen LogP contribution in [0.1, 0.15) is 32.6 Å². The molecule has 0 bridgehead atoms. The molecular weight excluding hydrogens is 272 g/mol. The van der Waals surface area contributed by atoms with Crippen LogP contribution >= 0.6 is 0 Å². The van der Waals surface area contributed by atoms with Gasteiger partial charge in [-0.25, -0.2) is 13.2 Å². The van der Waals surface area contributed by atoms with Gasteiger partial charge in [-0.05, 0) is 19.3 Å². The van der Waals surface area contributed by atoms with Gasteiger partial charge < -0.3 is 15.7 Å². The van der Waals surface area contributed by atoms with E-state index in [9.17, 15) is 18.0 Å². The third kappa shape index (κ3) is 5.06. The number of aliphatic carboxylic acids is 1. The van der Waals surface area contributed by atoms with Crippen molar-refractivity contribution in [3.63, 3.8) is 0 Å². The quantitative estimate of drug-likeness (QED) is 0.643. The Balaban J connectivity index is 2.37. The molecule has 1 aliphatic rings. The Morgan fingerprint density at radius 1 is 1.42 bits per heavy atom. The zero-order valence-corrected chi connectivity index (χ0v) is 11.7. The minimum atomic E-state index is -3.07. The molecule has 1 aliphatic heterocycles. The second-order valence-corrected chi connectivity index (χ2v) is 7.09. The maximum absolute atomic E-state index is 11.6. The first kappa shape index (κ1) is 15.7. The van der Waals surface area contributed by atoms with Gasteiger partial charge in [-0.2, -0.15) is 0 Å². The first-order chi connectivity index (χ1) is 8.85. The standard InChI is InChI=1S/C11H20N2O5S/c1-2-8(6-10(14)15)13-11(16)12-7-9-4-3-5-19(9,17)18/h8-9H,2-7H2,1H3,(H,14,15)(H2,12,13,16). The van der Waals surface area contributed by atoms with Gasteiger partial charge >= 0.3 is 12.0 Å². The molecule has 0 aromatic rings. The van der Waals surface area contributed by atoms with E-state index >= 15 is 0 Å². The molecule has 7 nitrogen and oxygen atoms in total. The van der Waals surface area contributed by atoms with E-state index in [1.54, 1.807) is 6.92 Å². The Hall–Kier alpha value is -1.31. The SMILES string of the molecule is CCC(CC(=O)O)NC(=O)NCC1CCCS1(=O)=O. The number of rotatable bonds is 6. The number of carbonyl (C=O) groups is 2. The highest BCUT2D eigenvalue weighted by Crippen LogP contribution is 2.18. The van der Waals surface area contributed by atoms with Crippen molar-refractivity contribution in [1.29, 1.82) is 0 Å². The van der Waals surface area contributed by atoms with E-state index in [4.69, 9.17) is 5.11 Å². The number of urea groups is 1. The van der Waals surface area contributed by atoms with Gasteiger partial charge in [0.05, 0.1) is 17.4 Å². The van der Waals surface area contributed by atoms with E-state index < -0.39 is 33.1 Å². The molecule has 1 rings (SSSR count). The highest BCUT2D eigenvalue weighted by Gasteiger charge is 2.31. The molecule has 0 saturated carbocycles. The summed E-state index contributed by atoms with van der Waals surface area (Å²) >= 11 is 0.